The Bertz CT molecular complexity index is 690. The molecule has 0 saturated carbocycles. The molecule has 0 aliphatic rings. The molecule has 0 bridgehead atoms. The Kier molecular flexibility index (Phi) is 4.47. The third-order valence-corrected chi connectivity index (χ3v) is 4.63. The lowest BCUT2D eigenvalue weighted by Crippen LogP contribution is -2.20. The molecular weight excluding hydrogens is 274 g/mol. The normalized spacial score (nSPS) is 12.4. The van der Waals surface area contributed by atoms with Crippen molar-refractivity contribution in [3.8, 4) is 0 Å². The third-order valence-electron chi connectivity index (χ3n) is 3.32. The highest BCUT2D eigenvalue weighted by atomic mass is 32.2. The number of benzene rings is 1. The minimum atomic E-state index is -3.26. The highest BCUT2D eigenvalue weighted by Gasteiger charge is 2.14. The molecule has 0 fully saturated rings. The Balaban J connectivity index is 2.40. The van der Waals surface area contributed by atoms with Gasteiger partial charge in [0, 0.05) is 30.2 Å². The molecule has 0 aliphatic heterocycles. The van der Waals surface area contributed by atoms with Gasteiger partial charge in [-0.05, 0) is 32.8 Å². The second-order valence-electron chi connectivity index (χ2n) is 5.13. The van der Waals surface area contributed by atoms with Crippen molar-refractivity contribution >= 4 is 20.9 Å². The number of sulfonamides is 1. The Labute approximate surface area is 120 Å². The maximum absolute atomic E-state index is 11.8. The minimum absolute atomic E-state index is 0.0129. The second-order valence-corrected chi connectivity index (χ2v) is 7.06. The van der Waals surface area contributed by atoms with E-state index in [0.29, 0.717) is 0 Å². The SMILES string of the molecule is CNS(=O)(=O)Cc1cn(CCN(C)C)c2ccccc12. The summed E-state index contributed by atoms with van der Waals surface area (Å²) in [5.41, 5.74) is 1.92. The molecular formula is C14H21N3O2S. The first-order valence-corrected chi connectivity index (χ1v) is 8.21. The monoisotopic (exact) mass is 295 g/mol. The fourth-order valence-corrected chi connectivity index (χ4v) is 2.99. The minimum Gasteiger partial charge on any atom is -0.346 e. The lowest BCUT2D eigenvalue weighted by Gasteiger charge is -2.10. The van der Waals surface area contributed by atoms with E-state index in [2.05, 4.69) is 14.2 Å². The predicted octanol–water partition coefficient (Wildman–Crippen LogP) is 1.25. The average Bonchev–Trinajstić information content (AvgIpc) is 2.74. The summed E-state index contributed by atoms with van der Waals surface area (Å²) in [6, 6.07) is 7.92. The van der Waals surface area contributed by atoms with Crippen LogP contribution in [0.4, 0.5) is 0 Å². The number of fused-ring (bicyclic) bond motifs is 1. The molecule has 0 aliphatic carbocycles. The predicted molar refractivity (Wildman–Crippen MR) is 82.2 cm³/mol. The van der Waals surface area contributed by atoms with Gasteiger partial charge in [0.2, 0.25) is 10.0 Å². The van der Waals surface area contributed by atoms with E-state index in [1.165, 1.54) is 7.05 Å². The molecule has 2 aromatic rings. The van der Waals surface area contributed by atoms with E-state index in [-0.39, 0.29) is 5.75 Å². The first-order chi connectivity index (χ1) is 9.43. The fraction of sp³-hybridized carbons (Fsp3) is 0.429. The van der Waals surface area contributed by atoms with Gasteiger partial charge in [0.25, 0.3) is 0 Å². The standard InChI is InChI=1S/C14H21N3O2S/c1-15-20(18,19)11-12-10-17(9-8-16(2)3)14-7-5-4-6-13(12)14/h4-7,10,15H,8-9,11H2,1-3H3. The molecule has 0 spiro atoms. The Morgan fingerprint density at radius 2 is 1.95 bits per heavy atom. The number of hydrogen-bond donors (Lipinski definition) is 1. The molecule has 1 aromatic carbocycles. The van der Waals surface area contributed by atoms with Gasteiger partial charge in [0.15, 0.2) is 0 Å². The number of aromatic nitrogens is 1. The lowest BCUT2D eigenvalue weighted by atomic mass is 10.2. The molecule has 5 nitrogen and oxygen atoms in total. The highest BCUT2D eigenvalue weighted by Crippen LogP contribution is 2.22. The van der Waals surface area contributed by atoms with Crippen LogP contribution in [0.15, 0.2) is 30.5 Å². The van der Waals surface area contributed by atoms with Crippen LogP contribution in [-0.2, 0) is 22.3 Å². The van der Waals surface area contributed by atoms with E-state index in [0.717, 1.165) is 29.6 Å². The summed E-state index contributed by atoms with van der Waals surface area (Å²) in [4.78, 5) is 2.11. The third kappa shape index (κ3) is 3.39. The summed E-state index contributed by atoms with van der Waals surface area (Å²) < 4.78 is 28.0. The Morgan fingerprint density at radius 3 is 2.60 bits per heavy atom. The molecule has 1 heterocycles. The van der Waals surface area contributed by atoms with Gasteiger partial charge in [-0.25, -0.2) is 13.1 Å². The van der Waals surface area contributed by atoms with Crippen molar-refractivity contribution < 1.29 is 8.42 Å². The largest absolute Gasteiger partial charge is 0.346 e. The van der Waals surface area contributed by atoms with Gasteiger partial charge in [-0.2, -0.15) is 0 Å². The van der Waals surface area contributed by atoms with Gasteiger partial charge >= 0.3 is 0 Å². The zero-order chi connectivity index (χ0) is 14.8. The highest BCUT2D eigenvalue weighted by molar-refractivity contribution is 7.88. The number of nitrogens with one attached hydrogen (secondary N) is 1. The summed E-state index contributed by atoms with van der Waals surface area (Å²) in [5.74, 6) is 0.0129. The van der Waals surface area contributed by atoms with Gasteiger partial charge in [-0.1, -0.05) is 18.2 Å². The van der Waals surface area contributed by atoms with Gasteiger partial charge in [-0.15, -0.1) is 0 Å². The van der Waals surface area contributed by atoms with E-state index >= 15 is 0 Å². The Morgan fingerprint density at radius 1 is 1.25 bits per heavy atom. The molecule has 1 N–H and O–H groups in total. The van der Waals surface area contributed by atoms with Crippen LogP contribution in [0.25, 0.3) is 10.9 Å². The summed E-state index contributed by atoms with van der Waals surface area (Å²) in [6.45, 7) is 1.75. The van der Waals surface area contributed by atoms with Gasteiger partial charge in [0.05, 0.1) is 5.75 Å². The number of likely N-dealkylation sites (N-methyl/N-ethyl adjacent to an activating group) is 1. The average molecular weight is 295 g/mol. The van der Waals surface area contributed by atoms with Crippen LogP contribution < -0.4 is 4.72 Å². The summed E-state index contributed by atoms with van der Waals surface area (Å²) in [7, 11) is 2.24. The Hall–Kier alpha value is -1.37. The number of rotatable bonds is 6. The smallest absolute Gasteiger partial charge is 0.215 e. The van der Waals surface area contributed by atoms with E-state index in [1.807, 2.05) is 44.6 Å². The first-order valence-electron chi connectivity index (χ1n) is 6.55. The molecule has 20 heavy (non-hydrogen) atoms. The number of hydrogen-bond acceptors (Lipinski definition) is 3. The van der Waals surface area contributed by atoms with E-state index < -0.39 is 10.0 Å². The molecule has 1 aromatic heterocycles. The van der Waals surface area contributed by atoms with Crippen molar-refractivity contribution in [2.75, 3.05) is 27.7 Å². The van der Waals surface area contributed by atoms with Crippen LogP contribution in [0.1, 0.15) is 5.56 Å². The molecule has 0 saturated heterocycles. The number of para-hydroxylation sites is 1. The first kappa shape index (κ1) is 15.0. The van der Waals surface area contributed by atoms with Crippen LogP contribution >= 0.6 is 0 Å². The van der Waals surface area contributed by atoms with Crippen molar-refractivity contribution in [1.29, 1.82) is 0 Å². The molecule has 0 unspecified atom stereocenters. The van der Waals surface area contributed by atoms with Gasteiger partial charge < -0.3 is 9.47 Å². The van der Waals surface area contributed by atoms with Crippen molar-refractivity contribution in [3.05, 3.63) is 36.0 Å². The fourth-order valence-electron chi connectivity index (χ4n) is 2.21. The van der Waals surface area contributed by atoms with Crippen LogP contribution in [-0.4, -0.2) is 45.6 Å². The van der Waals surface area contributed by atoms with Crippen molar-refractivity contribution in [3.63, 3.8) is 0 Å². The van der Waals surface area contributed by atoms with E-state index in [9.17, 15) is 8.42 Å². The van der Waals surface area contributed by atoms with Crippen molar-refractivity contribution in [2.45, 2.75) is 12.3 Å². The van der Waals surface area contributed by atoms with Gasteiger partial charge in [-0.3, -0.25) is 0 Å². The molecule has 0 amide bonds. The second kappa shape index (κ2) is 5.95. The van der Waals surface area contributed by atoms with Crippen LogP contribution in [0.2, 0.25) is 0 Å². The number of nitrogens with zero attached hydrogens (tertiary/aromatic N) is 2. The molecule has 0 radical (unpaired) electrons. The quantitative estimate of drug-likeness (QED) is 0.873. The molecule has 110 valence electrons. The summed E-state index contributed by atoms with van der Waals surface area (Å²) in [5, 5.41) is 1.00. The van der Waals surface area contributed by atoms with Crippen LogP contribution in [0, 0.1) is 0 Å². The van der Waals surface area contributed by atoms with Gasteiger partial charge in [0.1, 0.15) is 0 Å². The van der Waals surface area contributed by atoms with E-state index in [1.54, 1.807) is 0 Å². The van der Waals surface area contributed by atoms with Crippen LogP contribution in [0.5, 0.6) is 0 Å². The molecule has 6 heteroatoms. The topological polar surface area (TPSA) is 54.3 Å². The van der Waals surface area contributed by atoms with Crippen molar-refractivity contribution in [1.82, 2.24) is 14.2 Å². The summed E-state index contributed by atoms with van der Waals surface area (Å²) >= 11 is 0. The molecule has 0 atom stereocenters. The van der Waals surface area contributed by atoms with E-state index in [4.69, 9.17) is 0 Å². The zero-order valence-electron chi connectivity index (χ0n) is 12.1. The maximum Gasteiger partial charge on any atom is 0.215 e. The van der Waals surface area contributed by atoms with Crippen molar-refractivity contribution in [2.24, 2.45) is 0 Å². The molecule has 2 rings (SSSR count). The zero-order valence-corrected chi connectivity index (χ0v) is 12.9. The lowest BCUT2D eigenvalue weighted by molar-refractivity contribution is 0.387. The summed E-state index contributed by atoms with van der Waals surface area (Å²) in [6.07, 6.45) is 1.95. The maximum atomic E-state index is 11.8. The van der Waals surface area contributed by atoms with Crippen LogP contribution in [0.3, 0.4) is 0 Å².